The molecule has 0 aliphatic carbocycles. The highest BCUT2D eigenvalue weighted by Gasteiger charge is 2.19. The van der Waals surface area contributed by atoms with Crippen molar-refractivity contribution in [3.8, 4) is 5.75 Å². The lowest BCUT2D eigenvalue weighted by Gasteiger charge is -2.17. The van der Waals surface area contributed by atoms with Gasteiger partial charge in [-0.25, -0.2) is 0 Å². The number of benzene rings is 1. The van der Waals surface area contributed by atoms with Crippen LogP contribution in [0.2, 0.25) is 0 Å². The molecule has 0 aliphatic heterocycles. The minimum Gasteiger partial charge on any atom is -0.491 e. The van der Waals surface area contributed by atoms with E-state index in [1.807, 2.05) is 26.8 Å². The lowest BCUT2D eigenvalue weighted by Crippen LogP contribution is -2.22. The van der Waals surface area contributed by atoms with Crippen molar-refractivity contribution in [3.05, 3.63) is 29.3 Å². The maximum absolute atomic E-state index is 10.9. The molecule has 16 heavy (non-hydrogen) atoms. The lowest BCUT2D eigenvalue weighted by atomic mass is 10.0. The van der Waals surface area contributed by atoms with Gasteiger partial charge in [-0.2, -0.15) is 0 Å². The molecule has 0 heterocycles. The average Bonchev–Trinajstić information content (AvgIpc) is 2.18. The SMILES string of the molecule is Cc1ccc(OC(C)C)c(C(N)C(=O)O)c1. The molecule has 0 amide bonds. The van der Waals surface area contributed by atoms with Crippen LogP contribution in [0.1, 0.15) is 31.0 Å². The van der Waals surface area contributed by atoms with E-state index < -0.39 is 12.0 Å². The summed E-state index contributed by atoms with van der Waals surface area (Å²) in [5, 5.41) is 8.90. The average molecular weight is 223 g/mol. The first-order valence-electron chi connectivity index (χ1n) is 5.17. The van der Waals surface area contributed by atoms with Gasteiger partial charge < -0.3 is 15.6 Å². The van der Waals surface area contributed by atoms with Crippen molar-refractivity contribution >= 4 is 5.97 Å². The number of aryl methyl sites for hydroxylation is 1. The molecule has 3 N–H and O–H groups in total. The highest BCUT2D eigenvalue weighted by Crippen LogP contribution is 2.26. The van der Waals surface area contributed by atoms with Crippen LogP contribution in [0, 0.1) is 6.92 Å². The third-order valence-electron chi connectivity index (χ3n) is 2.13. The Morgan fingerprint density at radius 2 is 2.06 bits per heavy atom. The highest BCUT2D eigenvalue weighted by atomic mass is 16.5. The summed E-state index contributed by atoms with van der Waals surface area (Å²) in [5.41, 5.74) is 7.08. The van der Waals surface area contributed by atoms with E-state index in [0.717, 1.165) is 5.56 Å². The van der Waals surface area contributed by atoms with Gasteiger partial charge in [0.25, 0.3) is 0 Å². The summed E-state index contributed by atoms with van der Waals surface area (Å²) in [6, 6.07) is 4.33. The minimum atomic E-state index is -1.06. The van der Waals surface area contributed by atoms with Crippen LogP contribution >= 0.6 is 0 Å². The van der Waals surface area contributed by atoms with Crippen LogP contribution in [0.15, 0.2) is 18.2 Å². The molecule has 88 valence electrons. The third kappa shape index (κ3) is 2.97. The smallest absolute Gasteiger partial charge is 0.325 e. The summed E-state index contributed by atoms with van der Waals surface area (Å²) in [5.74, 6) is -0.519. The summed E-state index contributed by atoms with van der Waals surface area (Å²) in [4.78, 5) is 10.9. The highest BCUT2D eigenvalue weighted by molar-refractivity contribution is 5.76. The molecule has 1 aromatic carbocycles. The van der Waals surface area contributed by atoms with E-state index >= 15 is 0 Å². The molecule has 4 heteroatoms. The molecule has 0 fully saturated rings. The Labute approximate surface area is 95.0 Å². The van der Waals surface area contributed by atoms with Crippen molar-refractivity contribution in [2.24, 2.45) is 5.73 Å². The van der Waals surface area contributed by atoms with E-state index in [4.69, 9.17) is 15.6 Å². The Hall–Kier alpha value is -1.55. The number of rotatable bonds is 4. The molecule has 1 aromatic rings. The van der Waals surface area contributed by atoms with Gasteiger partial charge in [-0.15, -0.1) is 0 Å². The Balaban J connectivity index is 3.12. The molecule has 0 aromatic heterocycles. The van der Waals surface area contributed by atoms with Crippen LogP contribution in [0.25, 0.3) is 0 Å². The van der Waals surface area contributed by atoms with Crippen molar-refractivity contribution in [2.75, 3.05) is 0 Å². The lowest BCUT2D eigenvalue weighted by molar-refractivity contribution is -0.138. The van der Waals surface area contributed by atoms with Gasteiger partial charge in [-0.05, 0) is 26.8 Å². The summed E-state index contributed by atoms with van der Waals surface area (Å²) >= 11 is 0. The zero-order valence-electron chi connectivity index (χ0n) is 9.73. The molecule has 0 saturated heterocycles. The molecule has 4 nitrogen and oxygen atoms in total. The van der Waals surface area contributed by atoms with E-state index in [1.54, 1.807) is 12.1 Å². The molecule has 0 radical (unpaired) electrons. The number of carbonyl (C=O) groups is 1. The second-order valence-corrected chi connectivity index (χ2v) is 4.02. The number of hydrogen-bond donors (Lipinski definition) is 2. The second kappa shape index (κ2) is 4.99. The van der Waals surface area contributed by atoms with E-state index in [-0.39, 0.29) is 6.10 Å². The van der Waals surface area contributed by atoms with E-state index in [0.29, 0.717) is 11.3 Å². The fourth-order valence-electron chi connectivity index (χ4n) is 1.41. The molecule has 1 atom stereocenters. The summed E-state index contributed by atoms with van der Waals surface area (Å²) in [7, 11) is 0. The summed E-state index contributed by atoms with van der Waals surface area (Å²) < 4.78 is 5.53. The summed E-state index contributed by atoms with van der Waals surface area (Å²) in [6.07, 6.45) is -0.0116. The molecule has 0 spiro atoms. The fourth-order valence-corrected chi connectivity index (χ4v) is 1.41. The number of aliphatic carboxylic acids is 1. The van der Waals surface area contributed by atoms with Crippen LogP contribution < -0.4 is 10.5 Å². The quantitative estimate of drug-likeness (QED) is 0.817. The second-order valence-electron chi connectivity index (χ2n) is 4.02. The monoisotopic (exact) mass is 223 g/mol. The zero-order chi connectivity index (χ0) is 12.3. The molecule has 1 unspecified atom stereocenters. The van der Waals surface area contributed by atoms with Gasteiger partial charge in [0.1, 0.15) is 11.8 Å². The summed E-state index contributed by atoms with van der Waals surface area (Å²) in [6.45, 7) is 5.66. The third-order valence-corrected chi connectivity index (χ3v) is 2.13. The molecular formula is C12H17NO3. The fraction of sp³-hybridized carbons (Fsp3) is 0.417. The van der Waals surface area contributed by atoms with Gasteiger partial charge in [0.05, 0.1) is 6.10 Å². The minimum absolute atomic E-state index is 0.0116. The van der Waals surface area contributed by atoms with Gasteiger partial charge in [0.2, 0.25) is 0 Å². The van der Waals surface area contributed by atoms with E-state index in [2.05, 4.69) is 0 Å². The predicted molar refractivity (Wildman–Crippen MR) is 61.5 cm³/mol. The molecule has 0 aliphatic rings. The molecular weight excluding hydrogens is 206 g/mol. The number of carboxylic acids is 1. The van der Waals surface area contributed by atoms with Gasteiger partial charge >= 0.3 is 5.97 Å². The maximum atomic E-state index is 10.9. The van der Waals surface area contributed by atoms with Crippen LogP contribution in [0.5, 0.6) is 5.75 Å². The van der Waals surface area contributed by atoms with Crippen LogP contribution in [-0.4, -0.2) is 17.2 Å². The standard InChI is InChI=1S/C12H17NO3/c1-7(2)16-10-5-4-8(3)6-9(10)11(13)12(14)15/h4-7,11H,13H2,1-3H3,(H,14,15). The van der Waals surface area contributed by atoms with Crippen molar-refractivity contribution in [1.29, 1.82) is 0 Å². The van der Waals surface area contributed by atoms with Crippen molar-refractivity contribution in [3.63, 3.8) is 0 Å². The predicted octanol–water partition coefficient (Wildman–Crippen LogP) is 1.87. The number of nitrogens with two attached hydrogens (primary N) is 1. The molecule has 0 saturated carbocycles. The first-order valence-corrected chi connectivity index (χ1v) is 5.17. The number of ether oxygens (including phenoxy) is 1. The zero-order valence-corrected chi connectivity index (χ0v) is 9.73. The number of hydrogen-bond acceptors (Lipinski definition) is 3. The molecule has 0 bridgehead atoms. The molecule has 1 rings (SSSR count). The number of carboxylic acid groups (broad SMARTS) is 1. The van der Waals surface area contributed by atoms with Gasteiger partial charge in [-0.1, -0.05) is 17.7 Å². The Bertz CT molecular complexity index is 388. The normalized spacial score (nSPS) is 12.6. The van der Waals surface area contributed by atoms with Gasteiger partial charge in [0.15, 0.2) is 0 Å². The van der Waals surface area contributed by atoms with Crippen molar-refractivity contribution in [1.82, 2.24) is 0 Å². The topological polar surface area (TPSA) is 72.5 Å². The Morgan fingerprint density at radius 3 is 2.56 bits per heavy atom. The van der Waals surface area contributed by atoms with Crippen LogP contribution in [0.4, 0.5) is 0 Å². The van der Waals surface area contributed by atoms with E-state index in [1.165, 1.54) is 0 Å². The van der Waals surface area contributed by atoms with Gasteiger partial charge in [-0.3, -0.25) is 4.79 Å². The van der Waals surface area contributed by atoms with Gasteiger partial charge in [0, 0.05) is 5.56 Å². The Morgan fingerprint density at radius 1 is 1.44 bits per heavy atom. The van der Waals surface area contributed by atoms with Crippen molar-refractivity contribution < 1.29 is 14.6 Å². The Kier molecular flexibility index (Phi) is 3.90. The van der Waals surface area contributed by atoms with E-state index in [9.17, 15) is 4.79 Å². The first kappa shape index (κ1) is 12.5. The largest absolute Gasteiger partial charge is 0.491 e. The van der Waals surface area contributed by atoms with Crippen LogP contribution in [-0.2, 0) is 4.79 Å². The van der Waals surface area contributed by atoms with Crippen LogP contribution in [0.3, 0.4) is 0 Å². The maximum Gasteiger partial charge on any atom is 0.325 e. The first-order chi connectivity index (χ1) is 7.41. The van der Waals surface area contributed by atoms with Crippen molar-refractivity contribution in [2.45, 2.75) is 32.9 Å².